The van der Waals surface area contributed by atoms with Crippen LogP contribution >= 0.6 is 0 Å². The zero-order valence-corrected chi connectivity index (χ0v) is 18.0. The van der Waals surface area contributed by atoms with Gasteiger partial charge in [-0.2, -0.15) is 0 Å². The van der Waals surface area contributed by atoms with Crippen LogP contribution in [-0.4, -0.2) is 5.97 Å². The molecule has 0 radical (unpaired) electrons. The number of carbonyl (C=O) groups is 1. The van der Waals surface area contributed by atoms with E-state index >= 15 is 0 Å². The number of hydrogen-bond acceptors (Lipinski definition) is 2. The van der Waals surface area contributed by atoms with Gasteiger partial charge in [-0.25, -0.2) is 0 Å². The van der Waals surface area contributed by atoms with Gasteiger partial charge in [-0.3, -0.25) is 0 Å². The lowest BCUT2D eigenvalue weighted by molar-refractivity contribution is -0.386. The van der Waals surface area contributed by atoms with Crippen LogP contribution in [-0.2, 0) is 11.3 Å². The third kappa shape index (κ3) is 20.5. The van der Waals surface area contributed by atoms with Crippen molar-refractivity contribution in [2.45, 2.75) is 103 Å². The predicted octanol–water partition coefficient (Wildman–Crippen LogP) is 4.65. The predicted molar refractivity (Wildman–Crippen MR) is 116 cm³/mol. The summed E-state index contributed by atoms with van der Waals surface area (Å²) in [4.78, 5) is 10.2. The molecule has 0 aliphatic heterocycles. The Kier molecular flexibility index (Phi) is 20.1. The van der Waals surface area contributed by atoms with Gasteiger partial charge in [0.1, 0.15) is 0 Å². The van der Waals surface area contributed by atoms with Gasteiger partial charge in [-0.1, -0.05) is 88.6 Å². The number of carbonyl (C=O) groups excluding carboxylic acids is 1. The van der Waals surface area contributed by atoms with Crippen molar-refractivity contribution in [3.8, 4) is 11.8 Å². The van der Waals surface area contributed by atoms with Gasteiger partial charge in [-0.05, 0) is 25.7 Å². The number of benzene rings is 1. The molecule has 0 heterocycles. The van der Waals surface area contributed by atoms with Crippen LogP contribution < -0.4 is 10.8 Å². The first-order valence-electron chi connectivity index (χ1n) is 11.2. The number of carboxylic acid groups (broad SMARTS) is 1. The molecule has 0 saturated carbocycles. The SMILES string of the molecule is CCCCCCCCC#CCCCCCCCC(=O)[O-].[NH3+]Cc1ccccc1. The number of hydrogen-bond donors (Lipinski definition) is 1. The Hall–Kier alpha value is -1.79. The summed E-state index contributed by atoms with van der Waals surface area (Å²) in [6.07, 6.45) is 15.4. The number of unbranched alkanes of at least 4 members (excludes halogenated alkanes) is 11. The van der Waals surface area contributed by atoms with Crippen molar-refractivity contribution in [2.75, 3.05) is 0 Å². The highest BCUT2D eigenvalue weighted by Crippen LogP contribution is 2.07. The Bertz CT molecular complexity index is 516. The van der Waals surface area contributed by atoms with E-state index in [1.165, 1.54) is 50.5 Å². The first-order chi connectivity index (χ1) is 13.7. The van der Waals surface area contributed by atoms with Gasteiger partial charge in [0.05, 0.1) is 6.54 Å². The first-order valence-corrected chi connectivity index (χ1v) is 11.2. The maximum atomic E-state index is 10.2. The molecule has 0 amide bonds. The van der Waals surface area contributed by atoms with Gasteiger partial charge in [0.2, 0.25) is 0 Å². The van der Waals surface area contributed by atoms with E-state index < -0.39 is 5.97 Å². The molecule has 1 rings (SSSR count). The quantitative estimate of drug-likeness (QED) is 0.373. The molecule has 3 N–H and O–H groups in total. The zero-order chi connectivity index (χ0) is 20.7. The van der Waals surface area contributed by atoms with Crippen molar-refractivity contribution in [1.82, 2.24) is 0 Å². The summed E-state index contributed by atoms with van der Waals surface area (Å²) in [5.74, 6) is 5.57. The highest BCUT2D eigenvalue weighted by molar-refractivity contribution is 5.64. The maximum Gasteiger partial charge on any atom is 0.0997 e. The topological polar surface area (TPSA) is 67.8 Å². The van der Waals surface area contributed by atoms with Gasteiger partial charge in [0.25, 0.3) is 0 Å². The molecule has 0 aromatic heterocycles. The van der Waals surface area contributed by atoms with Crippen LogP contribution in [0.4, 0.5) is 0 Å². The van der Waals surface area contributed by atoms with Crippen molar-refractivity contribution in [1.29, 1.82) is 0 Å². The van der Waals surface area contributed by atoms with E-state index in [0.717, 1.165) is 45.1 Å². The fraction of sp³-hybridized carbons (Fsp3) is 0.640. The summed E-state index contributed by atoms with van der Waals surface area (Å²) in [5.41, 5.74) is 5.05. The summed E-state index contributed by atoms with van der Waals surface area (Å²) >= 11 is 0. The number of aliphatic carboxylic acids is 1. The smallest absolute Gasteiger partial charge is 0.0997 e. The second-order valence-corrected chi connectivity index (χ2v) is 7.25. The minimum atomic E-state index is -0.925. The highest BCUT2D eigenvalue weighted by atomic mass is 16.4. The minimum absolute atomic E-state index is 0.206. The molecule has 0 aliphatic rings. The summed E-state index contributed by atoms with van der Waals surface area (Å²) in [6.45, 7) is 3.13. The number of quaternary nitrogens is 1. The van der Waals surface area contributed by atoms with Crippen molar-refractivity contribution < 1.29 is 15.6 Å². The van der Waals surface area contributed by atoms with Crippen molar-refractivity contribution in [2.24, 2.45) is 0 Å². The summed E-state index contributed by atoms with van der Waals surface area (Å²) in [7, 11) is 0. The van der Waals surface area contributed by atoms with Crippen LogP contribution in [0.15, 0.2) is 30.3 Å². The van der Waals surface area contributed by atoms with Crippen LogP contribution in [0.2, 0.25) is 0 Å². The van der Waals surface area contributed by atoms with Gasteiger partial charge in [0.15, 0.2) is 0 Å². The molecule has 0 atom stereocenters. The van der Waals surface area contributed by atoms with Gasteiger partial charge in [-0.15, -0.1) is 11.8 Å². The molecule has 158 valence electrons. The van der Waals surface area contributed by atoms with E-state index in [4.69, 9.17) is 0 Å². The molecule has 28 heavy (non-hydrogen) atoms. The Morgan fingerprint density at radius 1 is 0.821 bits per heavy atom. The molecule has 3 heteroatoms. The van der Waals surface area contributed by atoms with Crippen molar-refractivity contribution in [3.05, 3.63) is 35.9 Å². The lowest BCUT2D eigenvalue weighted by atomic mass is 10.1. The molecule has 0 aliphatic carbocycles. The standard InChI is InChI=1S/C18H32O2.C7H9N/c1-2-3-4-5-6-7-8-9-10-11-12-13-14-15-16-17-18(19)20;8-6-7-4-2-1-3-5-7/h2-8,11-17H2,1H3,(H,19,20);1-5H,6,8H2. The van der Waals surface area contributed by atoms with E-state index in [-0.39, 0.29) is 6.42 Å². The average molecular weight is 388 g/mol. The minimum Gasteiger partial charge on any atom is -0.550 e. The Labute approximate surface area is 173 Å². The normalized spacial score (nSPS) is 9.79. The van der Waals surface area contributed by atoms with Crippen LogP contribution in [0.5, 0.6) is 0 Å². The lowest BCUT2D eigenvalue weighted by Gasteiger charge is -2.01. The molecule has 0 bridgehead atoms. The van der Waals surface area contributed by atoms with Crippen LogP contribution in [0.25, 0.3) is 0 Å². The third-order valence-electron chi connectivity index (χ3n) is 4.59. The van der Waals surface area contributed by atoms with Gasteiger partial charge in [0, 0.05) is 24.4 Å². The monoisotopic (exact) mass is 387 g/mol. The first kappa shape index (κ1) is 26.2. The molecular formula is C25H41NO2. The molecule has 0 fully saturated rings. The van der Waals surface area contributed by atoms with Crippen LogP contribution in [0.3, 0.4) is 0 Å². The van der Waals surface area contributed by atoms with E-state index in [2.05, 4.69) is 36.6 Å². The molecular weight excluding hydrogens is 346 g/mol. The van der Waals surface area contributed by atoms with Crippen molar-refractivity contribution >= 4 is 5.97 Å². The average Bonchev–Trinajstić information content (AvgIpc) is 2.72. The molecule has 1 aromatic carbocycles. The highest BCUT2D eigenvalue weighted by Gasteiger charge is 1.91. The van der Waals surface area contributed by atoms with Gasteiger partial charge >= 0.3 is 0 Å². The number of rotatable bonds is 14. The molecule has 0 saturated heterocycles. The number of carboxylic acids is 1. The summed E-state index contributed by atoms with van der Waals surface area (Å²) in [6, 6.07) is 10.2. The Morgan fingerprint density at radius 2 is 1.32 bits per heavy atom. The lowest BCUT2D eigenvalue weighted by Crippen LogP contribution is -2.47. The van der Waals surface area contributed by atoms with E-state index in [1.807, 2.05) is 18.2 Å². The van der Waals surface area contributed by atoms with Crippen LogP contribution in [0, 0.1) is 11.8 Å². The Balaban J connectivity index is 0.000000749. The van der Waals surface area contributed by atoms with E-state index in [0.29, 0.717) is 0 Å². The summed E-state index contributed by atoms with van der Waals surface area (Å²) < 4.78 is 0. The molecule has 3 nitrogen and oxygen atoms in total. The third-order valence-corrected chi connectivity index (χ3v) is 4.59. The molecule has 0 unspecified atom stereocenters. The second kappa shape index (κ2) is 21.5. The fourth-order valence-electron chi connectivity index (χ4n) is 2.83. The molecule has 1 aromatic rings. The fourth-order valence-corrected chi connectivity index (χ4v) is 2.83. The van der Waals surface area contributed by atoms with E-state index in [1.54, 1.807) is 0 Å². The van der Waals surface area contributed by atoms with E-state index in [9.17, 15) is 9.90 Å². The maximum absolute atomic E-state index is 10.2. The molecule has 0 spiro atoms. The summed E-state index contributed by atoms with van der Waals surface area (Å²) in [5, 5.41) is 10.2. The largest absolute Gasteiger partial charge is 0.550 e. The second-order valence-electron chi connectivity index (χ2n) is 7.25. The zero-order valence-electron chi connectivity index (χ0n) is 18.0. The van der Waals surface area contributed by atoms with Crippen LogP contribution in [0.1, 0.15) is 102 Å². The Morgan fingerprint density at radius 3 is 1.79 bits per heavy atom. The van der Waals surface area contributed by atoms with Crippen molar-refractivity contribution in [3.63, 3.8) is 0 Å². The van der Waals surface area contributed by atoms with Gasteiger partial charge < -0.3 is 15.6 Å².